The molecule has 0 aliphatic carbocycles. The minimum atomic E-state index is -1.44. The lowest BCUT2D eigenvalue weighted by molar-refractivity contribution is -0.384. The van der Waals surface area contributed by atoms with Gasteiger partial charge in [-0.1, -0.05) is 12.1 Å². The lowest BCUT2D eigenvalue weighted by Crippen LogP contribution is -2.33. The number of furan rings is 1. The average molecular weight is 567 g/mol. The summed E-state index contributed by atoms with van der Waals surface area (Å²) in [7, 11) is 3.05. The summed E-state index contributed by atoms with van der Waals surface area (Å²) >= 11 is 0. The normalized spacial score (nSPS) is 12.3. The first-order valence-corrected chi connectivity index (χ1v) is 12.3. The van der Waals surface area contributed by atoms with E-state index in [0.29, 0.717) is 11.5 Å². The fourth-order valence-corrected chi connectivity index (χ4v) is 3.81. The van der Waals surface area contributed by atoms with Crippen molar-refractivity contribution in [2.45, 2.75) is 32.0 Å². The number of oxazole rings is 1. The number of aromatic nitrogens is 1. The molecule has 4 rings (SSSR count). The van der Waals surface area contributed by atoms with E-state index in [1.54, 1.807) is 44.4 Å². The van der Waals surface area contributed by atoms with Crippen molar-refractivity contribution < 1.29 is 47.0 Å². The Morgan fingerprint density at radius 1 is 1.00 bits per heavy atom. The predicted molar refractivity (Wildman–Crippen MR) is 141 cm³/mol. The average Bonchev–Trinajstić information content (AvgIpc) is 3.63. The van der Waals surface area contributed by atoms with Gasteiger partial charge in [0.25, 0.3) is 17.5 Å². The standard InChI is InChI=1S/C28H26N2O11/c1-17-25(29-26(38-17)23-8-5-15-37-23)41-27(31)24(14-13-22(36-3)18-6-4-7-21(16-18)35-2)40-28(32)39-20-11-9-19(10-12-20)30(33)34/h4-12,15-16,22,24H,13-14H2,1-3H3. The molecule has 2 unspecified atom stereocenters. The van der Waals surface area contributed by atoms with Gasteiger partial charge in [-0.25, -0.2) is 9.59 Å². The maximum Gasteiger partial charge on any atom is 0.514 e. The second-order valence-electron chi connectivity index (χ2n) is 8.57. The highest BCUT2D eigenvalue weighted by Gasteiger charge is 2.30. The van der Waals surface area contributed by atoms with Crippen LogP contribution in [0.4, 0.5) is 10.5 Å². The van der Waals surface area contributed by atoms with Crippen LogP contribution in [-0.4, -0.2) is 42.4 Å². The van der Waals surface area contributed by atoms with Gasteiger partial charge in [-0.05, 0) is 61.7 Å². The van der Waals surface area contributed by atoms with Gasteiger partial charge in [0.2, 0.25) is 6.10 Å². The number of ether oxygens (including phenoxy) is 5. The lowest BCUT2D eigenvalue weighted by Gasteiger charge is -2.20. The van der Waals surface area contributed by atoms with Crippen molar-refractivity contribution in [1.82, 2.24) is 4.98 Å². The largest absolute Gasteiger partial charge is 0.514 e. The number of benzene rings is 2. The van der Waals surface area contributed by atoms with E-state index in [1.807, 2.05) is 6.07 Å². The van der Waals surface area contributed by atoms with E-state index in [4.69, 9.17) is 32.5 Å². The Labute approximate surface area is 233 Å². The van der Waals surface area contributed by atoms with Crippen LogP contribution in [0.1, 0.15) is 30.3 Å². The molecule has 2 aromatic heterocycles. The Bertz CT molecular complexity index is 1480. The summed E-state index contributed by atoms with van der Waals surface area (Å²) in [5, 5.41) is 10.9. The van der Waals surface area contributed by atoms with Crippen LogP contribution in [0, 0.1) is 17.0 Å². The van der Waals surface area contributed by atoms with Crippen molar-refractivity contribution in [1.29, 1.82) is 0 Å². The number of rotatable bonds is 12. The van der Waals surface area contributed by atoms with Crippen LogP contribution in [0.3, 0.4) is 0 Å². The number of nitro groups is 1. The second kappa shape index (κ2) is 13.3. The number of hydrogen-bond acceptors (Lipinski definition) is 12. The topological polar surface area (TPSA) is 163 Å². The molecule has 4 aromatic rings. The monoisotopic (exact) mass is 566 g/mol. The third-order valence-corrected chi connectivity index (χ3v) is 5.87. The first-order chi connectivity index (χ1) is 19.8. The molecule has 0 aliphatic heterocycles. The molecular formula is C28H26N2O11. The Balaban J connectivity index is 1.50. The molecule has 0 aliphatic rings. The van der Waals surface area contributed by atoms with Crippen molar-refractivity contribution in [2.24, 2.45) is 0 Å². The summed E-state index contributed by atoms with van der Waals surface area (Å²) in [5.41, 5.74) is 0.593. The fraction of sp³-hybridized carbons (Fsp3) is 0.250. The Morgan fingerprint density at radius 2 is 1.78 bits per heavy atom. The zero-order valence-corrected chi connectivity index (χ0v) is 22.3. The SMILES string of the molecule is COc1cccc(C(CCC(OC(=O)Oc2ccc([N+](=O)[O-])cc2)C(=O)Oc2nc(-c3ccco3)oc2C)OC)c1. The number of hydrogen-bond donors (Lipinski definition) is 0. The molecular weight excluding hydrogens is 540 g/mol. The van der Waals surface area contributed by atoms with Crippen LogP contribution >= 0.6 is 0 Å². The van der Waals surface area contributed by atoms with Gasteiger partial charge in [0.1, 0.15) is 11.5 Å². The first kappa shape index (κ1) is 28.8. The zero-order chi connectivity index (χ0) is 29.4. The molecule has 0 amide bonds. The van der Waals surface area contributed by atoms with Crippen molar-refractivity contribution in [3.63, 3.8) is 0 Å². The molecule has 2 aromatic carbocycles. The minimum Gasteiger partial charge on any atom is -0.497 e. The lowest BCUT2D eigenvalue weighted by atomic mass is 10.0. The highest BCUT2D eigenvalue weighted by atomic mass is 16.7. The number of methoxy groups -OCH3 is 2. The van der Waals surface area contributed by atoms with E-state index in [1.165, 1.54) is 25.5 Å². The molecule has 13 heteroatoms. The quantitative estimate of drug-likeness (QED) is 0.0875. The van der Waals surface area contributed by atoms with Crippen molar-refractivity contribution >= 4 is 17.8 Å². The predicted octanol–water partition coefficient (Wildman–Crippen LogP) is 5.82. The summed E-state index contributed by atoms with van der Waals surface area (Å²) in [6.45, 7) is 1.55. The first-order valence-electron chi connectivity index (χ1n) is 12.3. The number of aryl methyl sites for hydroxylation is 1. The summed E-state index contributed by atoms with van der Waals surface area (Å²) in [5.74, 6) is 0.164. The van der Waals surface area contributed by atoms with E-state index in [-0.39, 0.29) is 41.8 Å². The van der Waals surface area contributed by atoms with Crippen LogP contribution in [0.2, 0.25) is 0 Å². The third-order valence-electron chi connectivity index (χ3n) is 5.87. The molecule has 214 valence electrons. The van der Waals surface area contributed by atoms with Crippen molar-refractivity contribution in [3.05, 3.63) is 88.4 Å². The maximum atomic E-state index is 13.2. The zero-order valence-electron chi connectivity index (χ0n) is 22.3. The van der Waals surface area contributed by atoms with Gasteiger partial charge in [0.15, 0.2) is 11.5 Å². The smallest absolute Gasteiger partial charge is 0.497 e. The molecule has 0 fully saturated rings. The van der Waals surface area contributed by atoms with Gasteiger partial charge < -0.3 is 32.5 Å². The van der Waals surface area contributed by atoms with E-state index in [9.17, 15) is 19.7 Å². The van der Waals surface area contributed by atoms with Gasteiger partial charge in [-0.2, -0.15) is 4.98 Å². The van der Waals surface area contributed by atoms with Gasteiger partial charge >= 0.3 is 12.1 Å². The molecule has 0 saturated carbocycles. The number of carbonyl (C=O) groups is 2. The molecule has 0 saturated heterocycles. The molecule has 0 radical (unpaired) electrons. The highest BCUT2D eigenvalue weighted by Crippen LogP contribution is 2.29. The van der Waals surface area contributed by atoms with E-state index < -0.39 is 29.3 Å². The second-order valence-corrected chi connectivity index (χ2v) is 8.57. The Kier molecular flexibility index (Phi) is 9.32. The molecule has 13 nitrogen and oxygen atoms in total. The number of non-ortho nitro benzene ring substituents is 1. The Hall–Kier alpha value is -5.17. The summed E-state index contributed by atoms with van der Waals surface area (Å²) in [4.78, 5) is 40.3. The van der Waals surface area contributed by atoms with E-state index in [2.05, 4.69) is 4.98 Å². The molecule has 0 bridgehead atoms. The third kappa shape index (κ3) is 7.48. The minimum absolute atomic E-state index is 0.0192. The number of carbonyl (C=O) groups excluding carboxylic acids is 2. The van der Waals surface area contributed by atoms with Gasteiger partial charge in [0, 0.05) is 19.2 Å². The molecule has 0 spiro atoms. The van der Waals surface area contributed by atoms with E-state index in [0.717, 1.165) is 17.7 Å². The number of nitrogens with zero attached hydrogens (tertiary/aromatic N) is 2. The number of nitro benzene ring substituents is 1. The van der Waals surface area contributed by atoms with E-state index >= 15 is 0 Å². The summed E-state index contributed by atoms with van der Waals surface area (Å²) < 4.78 is 37.6. The van der Waals surface area contributed by atoms with Crippen LogP contribution < -0.4 is 14.2 Å². The Morgan fingerprint density at radius 3 is 2.44 bits per heavy atom. The van der Waals surface area contributed by atoms with Crippen molar-refractivity contribution in [3.8, 4) is 29.0 Å². The highest BCUT2D eigenvalue weighted by molar-refractivity contribution is 5.80. The van der Waals surface area contributed by atoms with Gasteiger partial charge in [0.05, 0.1) is 24.4 Å². The number of esters is 1. The summed E-state index contributed by atoms with van der Waals surface area (Å²) in [6, 6.07) is 15.3. The fourth-order valence-electron chi connectivity index (χ4n) is 3.81. The van der Waals surface area contributed by atoms with Crippen LogP contribution in [0.25, 0.3) is 11.7 Å². The van der Waals surface area contributed by atoms with Crippen LogP contribution in [-0.2, 0) is 14.3 Å². The molecule has 0 N–H and O–H groups in total. The molecule has 2 heterocycles. The van der Waals surface area contributed by atoms with Crippen LogP contribution in [0.5, 0.6) is 17.4 Å². The van der Waals surface area contributed by atoms with Gasteiger partial charge in [-0.3, -0.25) is 10.1 Å². The molecule has 41 heavy (non-hydrogen) atoms. The van der Waals surface area contributed by atoms with Crippen molar-refractivity contribution in [2.75, 3.05) is 14.2 Å². The van der Waals surface area contributed by atoms with Gasteiger partial charge in [-0.15, -0.1) is 0 Å². The van der Waals surface area contributed by atoms with Crippen LogP contribution in [0.15, 0.2) is 75.8 Å². The maximum absolute atomic E-state index is 13.2. The molecule has 2 atom stereocenters. The summed E-state index contributed by atoms with van der Waals surface area (Å²) in [6.07, 6.45) is -1.48.